The molecule has 0 spiro atoms. The summed E-state index contributed by atoms with van der Waals surface area (Å²) >= 11 is 0. The average Bonchev–Trinajstić information content (AvgIpc) is 2.51. The SMILES string of the molecule is COC(=O)CN/C=C(/C#N)C(=O)Nc1ccc(C(C)=O)cc1. The molecule has 0 saturated carbocycles. The number of benzene rings is 1. The smallest absolute Gasteiger partial charge is 0.325 e. The molecule has 0 aliphatic rings. The Hall–Kier alpha value is -3.14. The zero-order chi connectivity index (χ0) is 16.5. The molecule has 0 aliphatic heterocycles. The van der Waals surface area contributed by atoms with Crippen molar-refractivity contribution in [1.29, 1.82) is 5.26 Å². The lowest BCUT2D eigenvalue weighted by atomic mass is 10.1. The molecule has 0 fully saturated rings. The molecule has 7 nitrogen and oxygen atoms in total. The van der Waals surface area contributed by atoms with Gasteiger partial charge in [-0.05, 0) is 31.2 Å². The summed E-state index contributed by atoms with van der Waals surface area (Å²) in [5, 5.41) is 14.0. The van der Waals surface area contributed by atoms with Crippen LogP contribution >= 0.6 is 0 Å². The lowest BCUT2D eigenvalue weighted by molar-refractivity contribution is -0.139. The molecule has 7 heteroatoms. The highest BCUT2D eigenvalue weighted by Crippen LogP contribution is 2.11. The summed E-state index contributed by atoms with van der Waals surface area (Å²) in [4.78, 5) is 33.9. The van der Waals surface area contributed by atoms with E-state index in [4.69, 9.17) is 5.26 Å². The monoisotopic (exact) mass is 301 g/mol. The van der Waals surface area contributed by atoms with Crippen LogP contribution in [0.15, 0.2) is 36.0 Å². The van der Waals surface area contributed by atoms with Gasteiger partial charge in [0.1, 0.15) is 18.2 Å². The van der Waals surface area contributed by atoms with Crippen molar-refractivity contribution in [2.45, 2.75) is 6.92 Å². The number of amides is 1. The number of methoxy groups -OCH3 is 1. The highest BCUT2D eigenvalue weighted by atomic mass is 16.5. The maximum absolute atomic E-state index is 11.9. The van der Waals surface area contributed by atoms with Crippen molar-refractivity contribution in [3.8, 4) is 6.07 Å². The topological polar surface area (TPSA) is 108 Å². The van der Waals surface area contributed by atoms with Crippen molar-refractivity contribution < 1.29 is 19.1 Å². The number of nitrogens with zero attached hydrogens (tertiary/aromatic N) is 1. The standard InChI is InChI=1S/C15H15N3O4/c1-10(19)11-3-5-13(6-4-11)18-15(21)12(7-16)8-17-9-14(20)22-2/h3-6,8,17H,9H2,1-2H3,(H,18,21)/b12-8-. The minimum Gasteiger partial charge on any atom is -0.468 e. The number of ether oxygens (including phenoxy) is 1. The van der Waals surface area contributed by atoms with Crippen LogP contribution in [0.2, 0.25) is 0 Å². The molecule has 1 rings (SSSR count). The fourth-order valence-electron chi connectivity index (χ4n) is 1.44. The Labute approximate surface area is 127 Å². The first-order chi connectivity index (χ1) is 10.5. The minimum atomic E-state index is -0.629. The van der Waals surface area contributed by atoms with Gasteiger partial charge >= 0.3 is 5.97 Å². The number of anilines is 1. The van der Waals surface area contributed by atoms with E-state index in [2.05, 4.69) is 15.4 Å². The predicted molar refractivity (Wildman–Crippen MR) is 78.8 cm³/mol. The van der Waals surface area contributed by atoms with Crippen molar-refractivity contribution in [2.24, 2.45) is 0 Å². The van der Waals surface area contributed by atoms with Gasteiger partial charge in [-0.15, -0.1) is 0 Å². The Morgan fingerprint density at radius 1 is 1.27 bits per heavy atom. The van der Waals surface area contributed by atoms with E-state index in [9.17, 15) is 14.4 Å². The normalized spacial score (nSPS) is 10.3. The van der Waals surface area contributed by atoms with E-state index >= 15 is 0 Å². The first kappa shape index (κ1) is 16.9. The van der Waals surface area contributed by atoms with Gasteiger partial charge < -0.3 is 15.4 Å². The van der Waals surface area contributed by atoms with Crippen molar-refractivity contribution in [2.75, 3.05) is 19.0 Å². The van der Waals surface area contributed by atoms with Crippen LogP contribution in [0.25, 0.3) is 0 Å². The van der Waals surface area contributed by atoms with Crippen molar-refractivity contribution in [3.63, 3.8) is 0 Å². The van der Waals surface area contributed by atoms with Crippen LogP contribution in [0.1, 0.15) is 17.3 Å². The number of nitriles is 1. The van der Waals surface area contributed by atoms with Crippen molar-refractivity contribution >= 4 is 23.3 Å². The van der Waals surface area contributed by atoms with Gasteiger partial charge in [-0.3, -0.25) is 14.4 Å². The molecule has 0 bridgehead atoms. The molecule has 0 unspecified atom stereocenters. The summed E-state index contributed by atoms with van der Waals surface area (Å²) in [7, 11) is 1.23. The largest absolute Gasteiger partial charge is 0.468 e. The fourth-order valence-corrected chi connectivity index (χ4v) is 1.44. The first-order valence-electron chi connectivity index (χ1n) is 6.30. The molecule has 0 radical (unpaired) electrons. The average molecular weight is 301 g/mol. The molecule has 114 valence electrons. The quantitative estimate of drug-likeness (QED) is 0.351. The molecule has 2 N–H and O–H groups in total. The summed E-state index contributed by atoms with van der Waals surface area (Å²) in [6.45, 7) is 1.29. The van der Waals surface area contributed by atoms with E-state index in [1.807, 2.05) is 0 Å². The van der Waals surface area contributed by atoms with Gasteiger partial charge in [0, 0.05) is 17.5 Å². The number of hydrogen-bond donors (Lipinski definition) is 2. The molecule has 0 saturated heterocycles. The van der Waals surface area contributed by atoms with Crippen molar-refractivity contribution in [1.82, 2.24) is 5.32 Å². The first-order valence-corrected chi connectivity index (χ1v) is 6.30. The molecular weight excluding hydrogens is 286 g/mol. The lowest BCUT2D eigenvalue weighted by Gasteiger charge is -2.05. The Morgan fingerprint density at radius 2 is 1.91 bits per heavy atom. The Balaban J connectivity index is 2.69. The van der Waals surface area contributed by atoms with E-state index in [1.165, 1.54) is 14.0 Å². The van der Waals surface area contributed by atoms with Gasteiger partial charge in [0.25, 0.3) is 5.91 Å². The van der Waals surface area contributed by atoms with Gasteiger partial charge in [-0.25, -0.2) is 0 Å². The molecule has 22 heavy (non-hydrogen) atoms. The molecule has 0 aromatic heterocycles. The Kier molecular flexibility index (Phi) is 6.32. The Bertz CT molecular complexity index is 642. The van der Waals surface area contributed by atoms with Gasteiger partial charge in [0.2, 0.25) is 0 Å². The number of rotatable bonds is 6. The van der Waals surface area contributed by atoms with Crippen LogP contribution < -0.4 is 10.6 Å². The lowest BCUT2D eigenvalue weighted by Crippen LogP contribution is -2.22. The summed E-state index contributed by atoms with van der Waals surface area (Å²) in [6.07, 6.45) is 1.14. The number of hydrogen-bond acceptors (Lipinski definition) is 6. The van der Waals surface area contributed by atoms with E-state index in [1.54, 1.807) is 30.3 Å². The number of ketones is 1. The second kappa shape index (κ2) is 8.21. The minimum absolute atomic E-state index is 0.0810. The number of esters is 1. The number of carbonyl (C=O) groups is 3. The second-order valence-corrected chi connectivity index (χ2v) is 4.21. The molecule has 0 aliphatic carbocycles. The van der Waals surface area contributed by atoms with Crippen LogP contribution in [0.3, 0.4) is 0 Å². The summed E-state index contributed by atoms with van der Waals surface area (Å²) < 4.78 is 4.41. The zero-order valence-electron chi connectivity index (χ0n) is 12.2. The van der Waals surface area contributed by atoms with Crippen LogP contribution in [-0.2, 0) is 14.3 Å². The van der Waals surface area contributed by atoms with Crippen LogP contribution in [0.4, 0.5) is 5.69 Å². The highest BCUT2D eigenvalue weighted by molar-refractivity contribution is 6.06. The summed E-state index contributed by atoms with van der Waals surface area (Å²) in [5.74, 6) is -1.23. The van der Waals surface area contributed by atoms with E-state index in [0.29, 0.717) is 11.3 Å². The molecular formula is C15H15N3O4. The molecule has 1 amide bonds. The zero-order valence-corrected chi connectivity index (χ0v) is 12.2. The molecule has 1 aromatic rings. The summed E-state index contributed by atoms with van der Waals surface area (Å²) in [5.41, 5.74) is 0.775. The highest BCUT2D eigenvalue weighted by Gasteiger charge is 2.10. The third-order valence-electron chi connectivity index (χ3n) is 2.63. The molecule has 1 aromatic carbocycles. The van der Waals surface area contributed by atoms with E-state index < -0.39 is 11.9 Å². The fraction of sp³-hybridized carbons (Fsp3) is 0.200. The second-order valence-electron chi connectivity index (χ2n) is 4.21. The maximum Gasteiger partial charge on any atom is 0.325 e. The third-order valence-corrected chi connectivity index (χ3v) is 2.63. The maximum atomic E-state index is 11.9. The van der Waals surface area contributed by atoms with Gasteiger partial charge in [-0.1, -0.05) is 0 Å². The van der Waals surface area contributed by atoms with Crippen molar-refractivity contribution in [3.05, 3.63) is 41.6 Å². The summed E-state index contributed by atoms with van der Waals surface area (Å²) in [6, 6.07) is 7.99. The number of carbonyl (C=O) groups excluding carboxylic acids is 3. The Morgan fingerprint density at radius 3 is 2.41 bits per heavy atom. The van der Waals surface area contributed by atoms with E-state index in [-0.39, 0.29) is 17.9 Å². The number of nitrogens with one attached hydrogen (secondary N) is 2. The van der Waals surface area contributed by atoms with E-state index in [0.717, 1.165) is 6.20 Å². The van der Waals surface area contributed by atoms with Crippen LogP contribution in [-0.4, -0.2) is 31.3 Å². The van der Waals surface area contributed by atoms with Gasteiger partial charge in [0.05, 0.1) is 7.11 Å². The number of Topliss-reactive ketones (excluding diaryl/α,β-unsaturated/α-hetero) is 1. The van der Waals surface area contributed by atoms with Crippen LogP contribution in [0.5, 0.6) is 0 Å². The predicted octanol–water partition coefficient (Wildman–Crippen LogP) is 0.998. The van der Waals surface area contributed by atoms with Gasteiger partial charge in [0.15, 0.2) is 5.78 Å². The third kappa shape index (κ3) is 5.09. The van der Waals surface area contributed by atoms with Crippen LogP contribution in [0, 0.1) is 11.3 Å². The molecule has 0 heterocycles. The van der Waals surface area contributed by atoms with Gasteiger partial charge in [-0.2, -0.15) is 5.26 Å². The molecule has 0 atom stereocenters.